The van der Waals surface area contributed by atoms with E-state index in [0.29, 0.717) is 65.2 Å². The minimum Gasteiger partial charge on any atom is -0.491 e. The highest BCUT2D eigenvalue weighted by atomic mass is 79.9. The van der Waals surface area contributed by atoms with Crippen LogP contribution in [0.1, 0.15) is 12.8 Å². The van der Waals surface area contributed by atoms with Crippen molar-refractivity contribution in [2.45, 2.75) is 12.8 Å². The van der Waals surface area contributed by atoms with Crippen molar-refractivity contribution in [3.05, 3.63) is 59.6 Å². The first-order valence-electron chi connectivity index (χ1n) is 10.9. The van der Waals surface area contributed by atoms with Gasteiger partial charge in [-0.2, -0.15) is 0 Å². The Morgan fingerprint density at radius 1 is 1.23 bits per heavy atom. The summed E-state index contributed by atoms with van der Waals surface area (Å²) in [5, 5.41) is 15.4. The van der Waals surface area contributed by atoms with E-state index in [4.69, 9.17) is 9.84 Å². The van der Waals surface area contributed by atoms with Gasteiger partial charge in [-0.3, -0.25) is 4.79 Å². The number of nitrogens with zero attached hydrogens (tertiary/aromatic N) is 3. The molecular weight excluding hydrogens is 521 g/mol. The molecule has 0 atom stereocenters. The molecule has 1 fully saturated rings. The minimum atomic E-state index is -0.916. The van der Waals surface area contributed by atoms with Crippen LogP contribution in [0.4, 0.5) is 26.4 Å². The maximum Gasteiger partial charge on any atom is 0.407 e. The maximum absolute atomic E-state index is 14.4. The summed E-state index contributed by atoms with van der Waals surface area (Å²) in [5.41, 5.74) is 1.16. The Kier molecular flexibility index (Phi) is 7.45. The highest BCUT2D eigenvalue weighted by Gasteiger charge is 2.23. The van der Waals surface area contributed by atoms with Gasteiger partial charge in [0.2, 0.25) is 5.91 Å². The van der Waals surface area contributed by atoms with E-state index in [1.807, 2.05) is 0 Å². The van der Waals surface area contributed by atoms with Crippen molar-refractivity contribution in [2.24, 2.45) is 5.92 Å². The quantitative estimate of drug-likeness (QED) is 0.352. The zero-order chi connectivity index (χ0) is 24.9. The molecule has 0 bridgehead atoms. The lowest BCUT2D eigenvalue weighted by atomic mass is 9.98. The molecule has 2 aromatic carbocycles. The van der Waals surface area contributed by atoms with Crippen molar-refractivity contribution < 1.29 is 23.8 Å². The topological polar surface area (TPSA) is 117 Å². The number of hydrogen-bond acceptors (Lipinski definition) is 6. The first kappa shape index (κ1) is 24.4. The number of amides is 2. The SMILES string of the molecule is C=CC(=O)Nc1cc2c(Nc3ccc(Br)cc3F)ncnc2cc1OCC1CCN(C(=O)O)CC1. The molecule has 3 aromatic rings. The summed E-state index contributed by atoms with van der Waals surface area (Å²) in [5.74, 6) is 0.0625. The molecule has 11 heteroatoms. The zero-order valence-corrected chi connectivity index (χ0v) is 20.2. The number of aromatic nitrogens is 2. The fourth-order valence-electron chi connectivity index (χ4n) is 3.80. The summed E-state index contributed by atoms with van der Waals surface area (Å²) in [6.07, 6.45) is 2.95. The van der Waals surface area contributed by atoms with Crippen molar-refractivity contribution in [3.63, 3.8) is 0 Å². The van der Waals surface area contributed by atoms with Crippen LogP contribution in [-0.2, 0) is 4.79 Å². The van der Waals surface area contributed by atoms with E-state index in [0.717, 1.165) is 6.08 Å². The lowest BCUT2D eigenvalue weighted by Crippen LogP contribution is -2.38. The van der Waals surface area contributed by atoms with Crippen LogP contribution in [0.2, 0.25) is 0 Å². The van der Waals surface area contributed by atoms with Gasteiger partial charge in [-0.15, -0.1) is 0 Å². The lowest BCUT2D eigenvalue weighted by molar-refractivity contribution is -0.111. The number of halogens is 2. The number of rotatable bonds is 7. The van der Waals surface area contributed by atoms with Crippen LogP contribution < -0.4 is 15.4 Å². The number of anilines is 3. The van der Waals surface area contributed by atoms with Crippen LogP contribution in [0.15, 0.2) is 53.8 Å². The summed E-state index contributed by atoms with van der Waals surface area (Å²) < 4.78 is 21.0. The average molecular weight is 544 g/mol. The highest BCUT2D eigenvalue weighted by Crippen LogP contribution is 2.34. The second kappa shape index (κ2) is 10.7. The van der Waals surface area contributed by atoms with E-state index >= 15 is 0 Å². The third kappa shape index (κ3) is 5.86. The third-order valence-corrected chi connectivity index (χ3v) is 6.22. The Hall–Kier alpha value is -3.73. The molecule has 182 valence electrons. The number of carbonyl (C=O) groups excluding carboxylic acids is 1. The van der Waals surface area contributed by atoms with Gasteiger partial charge >= 0.3 is 6.09 Å². The molecule has 9 nitrogen and oxygen atoms in total. The molecule has 35 heavy (non-hydrogen) atoms. The van der Waals surface area contributed by atoms with Crippen molar-refractivity contribution in [1.82, 2.24) is 14.9 Å². The van der Waals surface area contributed by atoms with E-state index in [2.05, 4.69) is 43.1 Å². The van der Waals surface area contributed by atoms with E-state index in [1.165, 1.54) is 17.3 Å². The smallest absolute Gasteiger partial charge is 0.407 e. The van der Waals surface area contributed by atoms with E-state index < -0.39 is 17.8 Å². The number of ether oxygens (including phenoxy) is 1. The van der Waals surface area contributed by atoms with Gasteiger partial charge in [-0.25, -0.2) is 19.2 Å². The predicted molar refractivity (Wildman–Crippen MR) is 134 cm³/mol. The Bertz CT molecular complexity index is 1280. The molecule has 1 saturated heterocycles. The number of carboxylic acid groups (broad SMARTS) is 1. The van der Waals surface area contributed by atoms with Crippen LogP contribution in [0.25, 0.3) is 10.9 Å². The van der Waals surface area contributed by atoms with Crippen molar-refractivity contribution in [2.75, 3.05) is 30.3 Å². The van der Waals surface area contributed by atoms with Gasteiger partial charge in [0.05, 0.1) is 23.5 Å². The predicted octanol–water partition coefficient (Wildman–Crippen LogP) is 5.17. The van der Waals surface area contributed by atoms with Crippen molar-refractivity contribution in [3.8, 4) is 5.75 Å². The van der Waals surface area contributed by atoms with Gasteiger partial charge < -0.3 is 25.4 Å². The summed E-state index contributed by atoms with van der Waals surface area (Å²) >= 11 is 3.24. The molecule has 0 unspecified atom stereocenters. The molecule has 4 rings (SSSR count). The second-order valence-corrected chi connectivity index (χ2v) is 8.97. The third-order valence-electron chi connectivity index (χ3n) is 5.72. The van der Waals surface area contributed by atoms with Crippen molar-refractivity contribution >= 4 is 56.0 Å². The van der Waals surface area contributed by atoms with Crippen LogP contribution in [0.5, 0.6) is 5.75 Å². The Morgan fingerprint density at radius 2 is 2.00 bits per heavy atom. The molecule has 0 aliphatic carbocycles. The molecular formula is C24H23BrFN5O4. The number of piperidine rings is 1. The van der Waals surface area contributed by atoms with Crippen LogP contribution in [-0.4, -0.2) is 51.7 Å². The average Bonchev–Trinajstić information content (AvgIpc) is 2.84. The number of nitrogens with one attached hydrogen (secondary N) is 2. The molecule has 0 spiro atoms. The first-order valence-corrected chi connectivity index (χ1v) is 11.7. The van der Waals surface area contributed by atoms with Gasteiger partial charge in [0.1, 0.15) is 23.7 Å². The summed E-state index contributed by atoms with van der Waals surface area (Å²) in [6, 6.07) is 7.98. The highest BCUT2D eigenvalue weighted by molar-refractivity contribution is 9.10. The molecule has 2 amide bonds. The monoisotopic (exact) mass is 543 g/mol. The minimum absolute atomic E-state index is 0.173. The Morgan fingerprint density at radius 3 is 2.69 bits per heavy atom. The fourth-order valence-corrected chi connectivity index (χ4v) is 4.13. The number of fused-ring (bicyclic) bond motifs is 1. The van der Waals surface area contributed by atoms with Gasteiger partial charge in [-0.1, -0.05) is 22.5 Å². The normalized spacial score (nSPS) is 13.9. The standard InChI is InChI=1S/C24H23BrFN5O4/c1-2-22(32)29-20-10-16-19(11-21(20)35-12-14-5-7-31(8-6-14)24(33)34)27-13-28-23(16)30-18-4-3-15(25)9-17(18)26/h2-4,9-11,13-14H,1,5-8,12H2,(H,29,32)(H,33,34)(H,27,28,30). The van der Waals surface area contributed by atoms with Gasteiger partial charge in [-0.05, 0) is 49.1 Å². The molecule has 1 aromatic heterocycles. The van der Waals surface area contributed by atoms with Crippen LogP contribution in [0, 0.1) is 11.7 Å². The van der Waals surface area contributed by atoms with Crippen LogP contribution >= 0.6 is 15.9 Å². The number of hydrogen-bond donors (Lipinski definition) is 3. The van der Waals surface area contributed by atoms with Crippen molar-refractivity contribution in [1.29, 1.82) is 0 Å². The Labute approximate surface area is 209 Å². The van der Waals surface area contributed by atoms with Gasteiger partial charge in [0.25, 0.3) is 0 Å². The van der Waals surface area contributed by atoms with E-state index in [1.54, 1.807) is 24.3 Å². The number of carbonyl (C=O) groups is 2. The maximum atomic E-state index is 14.4. The van der Waals surface area contributed by atoms with E-state index in [9.17, 15) is 14.0 Å². The summed E-state index contributed by atoms with van der Waals surface area (Å²) in [4.78, 5) is 33.2. The second-order valence-electron chi connectivity index (χ2n) is 8.05. The number of likely N-dealkylation sites (tertiary alicyclic amines) is 1. The van der Waals surface area contributed by atoms with E-state index in [-0.39, 0.29) is 11.6 Å². The molecule has 3 N–H and O–H groups in total. The van der Waals surface area contributed by atoms with Gasteiger partial charge in [0, 0.05) is 29.0 Å². The Balaban J connectivity index is 1.61. The lowest BCUT2D eigenvalue weighted by Gasteiger charge is -2.30. The summed E-state index contributed by atoms with van der Waals surface area (Å²) in [6.45, 7) is 4.76. The van der Waals surface area contributed by atoms with Crippen LogP contribution in [0.3, 0.4) is 0 Å². The largest absolute Gasteiger partial charge is 0.491 e. The van der Waals surface area contributed by atoms with Gasteiger partial charge in [0.15, 0.2) is 0 Å². The molecule has 2 heterocycles. The molecule has 0 saturated carbocycles. The summed E-state index contributed by atoms with van der Waals surface area (Å²) in [7, 11) is 0. The molecule has 1 aliphatic rings. The first-order chi connectivity index (χ1) is 16.8. The zero-order valence-electron chi connectivity index (χ0n) is 18.6. The number of benzene rings is 2. The fraction of sp³-hybridized carbons (Fsp3) is 0.250. The molecule has 0 radical (unpaired) electrons. The molecule has 1 aliphatic heterocycles.